The summed E-state index contributed by atoms with van der Waals surface area (Å²) < 4.78 is 2.07. The normalized spacial score (nSPS) is 10.5. The van der Waals surface area contributed by atoms with Gasteiger partial charge in [-0.3, -0.25) is 4.98 Å². The number of rotatable bonds is 2. The van der Waals surface area contributed by atoms with Gasteiger partial charge >= 0.3 is 0 Å². The van der Waals surface area contributed by atoms with Gasteiger partial charge in [-0.05, 0) is 77.9 Å². The molecule has 31 heavy (non-hydrogen) atoms. The molecule has 0 aliphatic rings. The highest BCUT2D eigenvalue weighted by Crippen LogP contribution is 2.35. The van der Waals surface area contributed by atoms with E-state index in [-0.39, 0.29) is 0 Å². The van der Waals surface area contributed by atoms with E-state index < -0.39 is 0 Å². The molecular weight excluding hydrogens is 382 g/mol. The summed E-state index contributed by atoms with van der Waals surface area (Å²) in [5.74, 6) is 0. The Morgan fingerprint density at radius 2 is 1.16 bits per heavy atom. The molecule has 142 valence electrons. The van der Waals surface area contributed by atoms with Gasteiger partial charge in [0.1, 0.15) is 0 Å². The molecule has 3 aromatic carbocycles. The number of hydrogen-bond donors (Lipinski definition) is 0. The lowest BCUT2D eigenvalue weighted by Gasteiger charge is -2.11. The molecule has 2 heterocycles. The molecule has 0 atom stereocenters. The molecule has 0 unspecified atom stereocenters. The summed E-state index contributed by atoms with van der Waals surface area (Å²) in [6.45, 7) is 0. The second-order valence-corrected chi connectivity index (χ2v) is 7.14. The second-order valence-electron chi connectivity index (χ2n) is 7.14. The predicted molar refractivity (Wildman–Crippen MR) is 118 cm³/mol. The molecule has 0 spiro atoms. The molecule has 0 radical (unpaired) electrons. The Balaban J connectivity index is 1.88. The first-order valence-electron chi connectivity index (χ1n) is 9.56. The van der Waals surface area contributed by atoms with Crippen LogP contribution in [-0.2, 0) is 0 Å². The van der Waals surface area contributed by atoms with Gasteiger partial charge in [-0.1, -0.05) is 0 Å². The predicted octanol–water partition coefficient (Wildman–Crippen LogP) is 5.46. The zero-order valence-electron chi connectivity index (χ0n) is 16.2. The molecule has 0 aliphatic heterocycles. The Morgan fingerprint density at radius 1 is 0.581 bits per heavy atom. The van der Waals surface area contributed by atoms with Gasteiger partial charge in [-0.25, -0.2) is 0 Å². The molecule has 0 aliphatic carbocycles. The van der Waals surface area contributed by atoms with E-state index in [1.54, 1.807) is 24.5 Å². The van der Waals surface area contributed by atoms with E-state index in [0.717, 1.165) is 38.6 Å². The maximum Gasteiger partial charge on any atom is 0.0992 e. The minimum Gasteiger partial charge on any atom is -0.309 e. The van der Waals surface area contributed by atoms with Crippen LogP contribution in [0.15, 0.2) is 79.1 Å². The molecule has 0 fully saturated rings. The van der Waals surface area contributed by atoms with E-state index >= 15 is 0 Å². The Bertz CT molecular complexity index is 1540. The van der Waals surface area contributed by atoms with Crippen LogP contribution in [0.5, 0.6) is 0 Å². The van der Waals surface area contributed by atoms with E-state index in [9.17, 15) is 15.8 Å². The fourth-order valence-electron chi connectivity index (χ4n) is 3.96. The maximum absolute atomic E-state index is 9.65. The first-order valence-corrected chi connectivity index (χ1v) is 9.56. The van der Waals surface area contributed by atoms with Gasteiger partial charge in [0, 0.05) is 28.9 Å². The van der Waals surface area contributed by atoms with Crippen LogP contribution in [0.3, 0.4) is 0 Å². The van der Waals surface area contributed by atoms with Crippen molar-refractivity contribution in [3.63, 3.8) is 0 Å². The highest BCUT2D eigenvalue weighted by Gasteiger charge is 2.15. The van der Waals surface area contributed by atoms with E-state index in [0.29, 0.717) is 16.7 Å². The molecular formula is C26H13N5. The molecule has 0 saturated heterocycles. The van der Waals surface area contributed by atoms with Crippen LogP contribution in [-0.4, -0.2) is 9.55 Å². The zero-order valence-corrected chi connectivity index (χ0v) is 16.2. The lowest BCUT2D eigenvalue weighted by Crippen LogP contribution is -1.96. The number of fused-ring (bicyclic) bond motifs is 3. The summed E-state index contributed by atoms with van der Waals surface area (Å²) in [7, 11) is 0. The van der Waals surface area contributed by atoms with Crippen molar-refractivity contribution in [2.24, 2.45) is 0 Å². The van der Waals surface area contributed by atoms with Gasteiger partial charge in [-0.15, -0.1) is 0 Å². The van der Waals surface area contributed by atoms with Gasteiger partial charge in [0.15, 0.2) is 0 Å². The largest absolute Gasteiger partial charge is 0.309 e. The van der Waals surface area contributed by atoms with Crippen LogP contribution in [0.25, 0.3) is 38.6 Å². The van der Waals surface area contributed by atoms with Crippen molar-refractivity contribution < 1.29 is 0 Å². The summed E-state index contributed by atoms with van der Waals surface area (Å²) >= 11 is 0. The minimum atomic E-state index is 0.543. The Labute approximate surface area is 178 Å². The summed E-state index contributed by atoms with van der Waals surface area (Å²) in [6, 6.07) is 27.2. The average Bonchev–Trinajstić information content (AvgIpc) is 3.17. The van der Waals surface area contributed by atoms with E-state index in [1.807, 2.05) is 54.6 Å². The van der Waals surface area contributed by atoms with Crippen molar-refractivity contribution >= 4 is 21.8 Å². The quantitative estimate of drug-likeness (QED) is 0.397. The monoisotopic (exact) mass is 395 g/mol. The molecule has 5 rings (SSSR count). The highest BCUT2D eigenvalue weighted by molar-refractivity contribution is 6.10. The Morgan fingerprint density at radius 3 is 1.71 bits per heavy atom. The molecule has 5 aromatic rings. The SMILES string of the molecule is N#Cc1cc(-c2ccncc2)cc(-n2c3ccc(C#N)cc3c3cc(C#N)ccc32)c1. The first-order chi connectivity index (χ1) is 15.2. The molecule has 2 aromatic heterocycles. The van der Waals surface area contributed by atoms with Crippen molar-refractivity contribution in [2.75, 3.05) is 0 Å². The molecule has 5 heteroatoms. The van der Waals surface area contributed by atoms with Gasteiger partial charge < -0.3 is 4.57 Å². The van der Waals surface area contributed by atoms with E-state index in [1.165, 1.54) is 0 Å². The van der Waals surface area contributed by atoms with Gasteiger partial charge in [0.05, 0.1) is 45.9 Å². The Kier molecular flexibility index (Phi) is 4.19. The second kappa shape index (κ2) is 7.16. The molecule has 0 saturated carbocycles. The van der Waals surface area contributed by atoms with E-state index in [4.69, 9.17) is 0 Å². The lowest BCUT2D eigenvalue weighted by atomic mass is 10.0. The van der Waals surface area contributed by atoms with Crippen LogP contribution in [0.2, 0.25) is 0 Å². The standard InChI is InChI=1S/C26H13N5/c27-14-17-1-3-25-23(11-17)24-12-18(15-28)2-4-26(24)31(25)22-10-19(16-29)9-21(13-22)20-5-7-30-8-6-20/h1-13H. The van der Waals surface area contributed by atoms with Crippen LogP contribution in [0, 0.1) is 34.0 Å². The lowest BCUT2D eigenvalue weighted by molar-refractivity contribution is 1.18. The third-order valence-electron chi connectivity index (χ3n) is 5.34. The maximum atomic E-state index is 9.65. The summed E-state index contributed by atoms with van der Waals surface area (Å²) in [5, 5.41) is 30.2. The number of pyridine rings is 1. The van der Waals surface area contributed by atoms with Crippen LogP contribution >= 0.6 is 0 Å². The van der Waals surface area contributed by atoms with Crippen molar-refractivity contribution in [3.8, 4) is 35.0 Å². The summed E-state index contributed by atoms with van der Waals surface area (Å²) in [6.07, 6.45) is 3.45. The highest BCUT2D eigenvalue weighted by atomic mass is 15.0. The molecule has 0 N–H and O–H groups in total. The van der Waals surface area contributed by atoms with Crippen LogP contribution in [0.4, 0.5) is 0 Å². The van der Waals surface area contributed by atoms with Crippen molar-refractivity contribution in [2.45, 2.75) is 0 Å². The first kappa shape index (κ1) is 18.1. The van der Waals surface area contributed by atoms with Gasteiger partial charge in [0.25, 0.3) is 0 Å². The number of benzene rings is 3. The molecule has 0 bridgehead atoms. The topological polar surface area (TPSA) is 89.2 Å². The zero-order chi connectivity index (χ0) is 21.4. The Hall–Kier alpha value is -4.92. The van der Waals surface area contributed by atoms with Crippen molar-refractivity contribution in [3.05, 3.63) is 95.8 Å². The fourth-order valence-corrected chi connectivity index (χ4v) is 3.96. The van der Waals surface area contributed by atoms with E-state index in [2.05, 4.69) is 27.8 Å². The third-order valence-corrected chi connectivity index (χ3v) is 5.34. The van der Waals surface area contributed by atoms with Gasteiger partial charge in [-0.2, -0.15) is 15.8 Å². The van der Waals surface area contributed by atoms with Crippen LogP contribution in [0.1, 0.15) is 16.7 Å². The molecule has 5 nitrogen and oxygen atoms in total. The molecule has 0 amide bonds. The van der Waals surface area contributed by atoms with Crippen LogP contribution < -0.4 is 0 Å². The summed E-state index contributed by atoms with van der Waals surface area (Å²) in [4.78, 5) is 4.08. The summed E-state index contributed by atoms with van der Waals surface area (Å²) in [5.41, 5.74) is 6.16. The minimum absolute atomic E-state index is 0.543. The number of nitrogens with zero attached hydrogens (tertiary/aromatic N) is 5. The number of nitriles is 3. The third kappa shape index (κ3) is 2.97. The number of aromatic nitrogens is 2. The van der Waals surface area contributed by atoms with Gasteiger partial charge in [0.2, 0.25) is 0 Å². The number of hydrogen-bond acceptors (Lipinski definition) is 4. The average molecular weight is 395 g/mol. The van der Waals surface area contributed by atoms with Crippen molar-refractivity contribution in [1.29, 1.82) is 15.8 Å². The fraction of sp³-hybridized carbons (Fsp3) is 0. The van der Waals surface area contributed by atoms with Crippen molar-refractivity contribution in [1.82, 2.24) is 9.55 Å². The smallest absolute Gasteiger partial charge is 0.0992 e.